The maximum Gasteiger partial charge on any atom is 0.316 e. The lowest BCUT2D eigenvalue weighted by atomic mass is 9.67. The van der Waals surface area contributed by atoms with Crippen molar-refractivity contribution < 1.29 is 9.53 Å². The summed E-state index contributed by atoms with van der Waals surface area (Å²) in [6.45, 7) is 14.7. The van der Waals surface area contributed by atoms with Gasteiger partial charge in [0.15, 0.2) is 0 Å². The van der Waals surface area contributed by atoms with E-state index in [1.807, 2.05) is 33.8 Å². The summed E-state index contributed by atoms with van der Waals surface area (Å²) in [5.41, 5.74) is 0.446. The number of rotatable bonds is 4. The van der Waals surface area contributed by atoms with Gasteiger partial charge in [-0.15, -0.1) is 0 Å². The van der Waals surface area contributed by atoms with Crippen molar-refractivity contribution in [3.05, 3.63) is 11.6 Å². The van der Waals surface area contributed by atoms with Crippen LogP contribution in [0.15, 0.2) is 11.6 Å². The average molecular weight is 226 g/mol. The van der Waals surface area contributed by atoms with Gasteiger partial charge in [0.25, 0.3) is 0 Å². The molecule has 0 aliphatic carbocycles. The van der Waals surface area contributed by atoms with Gasteiger partial charge >= 0.3 is 5.97 Å². The van der Waals surface area contributed by atoms with E-state index < -0.39 is 5.41 Å². The monoisotopic (exact) mass is 226 g/mol. The molecule has 2 heteroatoms. The number of hydrogen-bond donors (Lipinski definition) is 0. The smallest absolute Gasteiger partial charge is 0.316 e. The van der Waals surface area contributed by atoms with Gasteiger partial charge in [-0.3, -0.25) is 4.79 Å². The van der Waals surface area contributed by atoms with Crippen LogP contribution in [0.5, 0.6) is 0 Å². The first-order valence-electron chi connectivity index (χ1n) is 5.98. The molecule has 0 aromatic rings. The number of esters is 1. The quantitative estimate of drug-likeness (QED) is 0.536. The Bertz CT molecular complexity index is 267. The van der Waals surface area contributed by atoms with Crippen LogP contribution in [0.4, 0.5) is 0 Å². The molecular weight excluding hydrogens is 200 g/mol. The normalized spacial score (nSPS) is 15.2. The summed E-state index contributed by atoms with van der Waals surface area (Å²) < 4.78 is 5.30. The molecule has 1 atom stereocenters. The number of ether oxygens (including phenoxy) is 1. The van der Waals surface area contributed by atoms with Crippen LogP contribution in [0.3, 0.4) is 0 Å². The zero-order valence-electron chi connectivity index (χ0n) is 11.8. The molecule has 0 aliphatic rings. The van der Waals surface area contributed by atoms with Crippen LogP contribution in [0.25, 0.3) is 0 Å². The molecule has 94 valence electrons. The Hall–Kier alpha value is -0.790. The fourth-order valence-electron chi connectivity index (χ4n) is 1.50. The zero-order chi connectivity index (χ0) is 13.0. The first kappa shape index (κ1) is 15.2. The molecule has 0 saturated heterocycles. The van der Waals surface area contributed by atoms with E-state index in [-0.39, 0.29) is 11.4 Å². The second-order valence-corrected chi connectivity index (χ2v) is 5.81. The van der Waals surface area contributed by atoms with Gasteiger partial charge in [-0.05, 0) is 32.6 Å². The number of carbonyl (C=O) groups is 1. The Kier molecular flexibility index (Phi) is 5.24. The molecule has 0 bridgehead atoms. The van der Waals surface area contributed by atoms with E-state index in [1.165, 1.54) is 0 Å². The SMILES string of the molecule is CCCOC(=O)C(C)(C=C(C)C)C(C)(C)C. The van der Waals surface area contributed by atoms with Crippen LogP contribution in [0.2, 0.25) is 0 Å². The topological polar surface area (TPSA) is 26.3 Å². The fourth-order valence-corrected chi connectivity index (χ4v) is 1.50. The summed E-state index contributed by atoms with van der Waals surface area (Å²) in [5.74, 6) is -0.122. The Balaban J connectivity index is 5.10. The highest BCUT2D eigenvalue weighted by Gasteiger charge is 2.43. The maximum atomic E-state index is 12.1. The second kappa shape index (κ2) is 5.51. The zero-order valence-corrected chi connectivity index (χ0v) is 11.8. The van der Waals surface area contributed by atoms with Crippen molar-refractivity contribution in [2.24, 2.45) is 10.8 Å². The van der Waals surface area contributed by atoms with Crippen LogP contribution >= 0.6 is 0 Å². The molecule has 0 spiro atoms. The van der Waals surface area contributed by atoms with Crippen LogP contribution in [0, 0.1) is 10.8 Å². The summed E-state index contributed by atoms with van der Waals surface area (Å²) in [5, 5.41) is 0. The number of hydrogen-bond acceptors (Lipinski definition) is 2. The first-order valence-corrected chi connectivity index (χ1v) is 5.98. The summed E-state index contributed by atoms with van der Waals surface area (Å²) in [6.07, 6.45) is 2.88. The largest absolute Gasteiger partial charge is 0.465 e. The molecule has 16 heavy (non-hydrogen) atoms. The summed E-state index contributed by atoms with van der Waals surface area (Å²) >= 11 is 0. The summed E-state index contributed by atoms with van der Waals surface area (Å²) in [7, 11) is 0. The van der Waals surface area contributed by atoms with Gasteiger partial charge < -0.3 is 4.74 Å². The predicted molar refractivity (Wildman–Crippen MR) is 68.2 cm³/mol. The van der Waals surface area contributed by atoms with Crippen LogP contribution in [-0.2, 0) is 9.53 Å². The second-order valence-electron chi connectivity index (χ2n) is 5.81. The molecule has 0 aliphatic heterocycles. The molecular formula is C14H26O2. The molecule has 0 N–H and O–H groups in total. The van der Waals surface area contributed by atoms with Gasteiger partial charge in [0, 0.05) is 0 Å². The van der Waals surface area contributed by atoms with Crippen molar-refractivity contribution >= 4 is 5.97 Å². The van der Waals surface area contributed by atoms with E-state index in [0.717, 1.165) is 12.0 Å². The van der Waals surface area contributed by atoms with Gasteiger partial charge in [0.05, 0.1) is 12.0 Å². The van der Waals surface area contributed by atoms with Crippen molar-refractivity contribution in [1.82, 2.24) is 0 Å². The van der Waals surface area contributed by atoms with Crippen molar-refractivity contribution in [3.63, 3.8) is 0 Å². The summed E-state index contributed by atoms with van der Waals surface area (Å²) in [6, 6.07) is 0. The van der Waals surface area contributed by atoms with Crippen molar-refractivity contribution in [2.75, 3.05) is 6.61 Å². The first-order chi connectivity index (χ1) is 7.15. The number of carbonyl (C=O) groups excluding carboxylic acids is 1. The lowest BCUT2D eigenvalue weighted by Gasteiger charge is -2.37. The summed E-state index contributed by atoms with van der Waals surface area (Å²) in [4.78, 5) is 12.1. The third-order valence-electron chi connectivity index (χ3n) is 3.00. The van der Waals surface area contributed by atoms with E-state index in [4.69, 9.17) is 4.74 Å². The van der Waals surface area contributed by atoms with Gasteiger partial charge in [-0.1, -0.05) is 39.3 Å². The highest BCUT2D eigenvalue weighted by atomic mass is 16.5. The minimum absolute atomic E-state index is 0.122. The van der Waals surface area contributed by atoms with E-state index in [1.54, 1.807) is 0 Å². The molecule has 2 nitrogen and oxygen atoms in total. The van der Waals surface area contributed by atoms with E-state index >= 15 is 0 Å². The molecule has 0 radical (unpaired) electrons. The van der Waals surface area contributed by atoms with Crippen molar-refractivity contribution in [1.29, 1.82) is 0 Å². The Morgan fingerprint density at radius 1 is 1.19 bits per heavy atom. The lowest BCUT2D eigenvalue weighted by Crippen LogP contribution is -2.40. The molecule has 1 unspecified atom stereocenters. The van der Waals surface area contributed by atoms with E-state index in [0.29, 0.717) is 6.61 Å². The molecule has 0 amide bonds. The van der Waals surface area contributed by atoms with Crippen LogP contribution in [0.1, 0.15) is 54.9 Å². The van der Waals surface area contributed by atoms with Gasteiger partial charge in [0.2, 0.25) is 0 Å². The molecule has 0 heterocycles. The minimum atomic E-state index is -0.555. The molecule has 0 fully saturated rings. The standard InChI is InChI=1S/C14H26O2/c1-8-9-16-12(15)14(7,10-11(2)3)13(4,5)6/h10H,8-9H2,1-7H3. The highest BCUT2D eigenvalue weighted by Crippen LogP contribution is 2.41. The van der Waals surface area contributed by atoms with Crippen LogP contribution in [-0.4, -0.2) is 12.6 Å². The predicted octanol–water partition coefficient (Wildman–Crippen LogP) is 3.96. The van der Waals surface area contributed by atoms with E-state index in [9.17, 15) is 4.79 Å². The van der Waals surface area contributed by atoms with Crippen LogP contribution < -0.4 is 0 Å². The van der Waals surface area contributed by atoms with Gasteiger partial charge in [-0.2, -0.15) is 0 Å². The van der Waals surface area contributed by atoms with Crippen molar-refractivity contribution in [2.45, 2.75) is 54.9 Å². The minimum Gasteiger partial charge on any atom is -0.465 e. The van der Waals surface area contributed by atoms with E-state index in [2.05, 4.69) is 20.8 Å². The van der Waals surface area contributed by atoms with Gasteiger partial charge in [0.1, 0.15) is 0 Å². The Morgan fingerprint density at radius 3 is 2.00 bits per heavy atom. The van der Waals surface area contributed by atoms with Gasteiger partial charge in [-0.25, -0.2) is 0 Å². The fraction of sp³-hybridized carbons (Fsp3) is 0.786. The average Bonchev–Trinajstić information content (AvgIpc) is 2.10. The number of allylic oxidation sites excluding steroid dienone is 1. The Morgan fingerprint density at radius 2 is 1.69 bits per heavy atom. The molecule has 0 aromatic heterocycles. The third kappa shape index (κ3) is 3.66. The maximum absolute atomic E-state index is 12.1. The molecule has 0 rings (SSSR count). The molecule has 0 saturated carbocycles. The van der Waals surface area contributed by atoms with Crippen molar-refractivity contribution in [3.8, 4) is 0 Å². The lowest BCUT2D eigenvalue weighted by molar-refractivity contribution is -0.157. The third-order valence-corrected chi connectivity index (χ3v) is 3.00. The Labute approximate surface area is 100 Å². The molecule has 0 aromatic carbocycles. The highest BCUT2D eigenvalue weighted by molar-refractivity contribution is 5.79.